The third-order valence-corrected chi connectivity index (χ3v) is 6.35. The van der Waals surface area contributed by atoms with Crippen LogP contribution in [0.3, 0.4) is 0 Å². The molecule has 2 aliphatic rings. The van der Waals surface area contributed by atoms with E-state index in [1.807, 2.05) is 4.90 Å². The van der Waals surface area contributed by atoms with Gasteiger partial charge in [-0.3, -0.25) is 4.79 Å². The van der Waals surface area contributed by atoms with Crippen molar-refractivity contribution in [3.8, 4) is 0 Å². The van der Waals surface area contributed by atoms with Gasteiger partial charge in [0.15, 0.2) is 0 Å². The summed E-state index contributed by atoms with van der Waals surface area (Å²) < 4.78 is 5.34. The highest BCUT2D eigenvalue weighted by molar-refractivity contribution is 7.21. The van der Waals surface area contributed by atoms with Crippen molar-refractivity contribution in [1.29, 1.82) is 0 Å². The van der Waals surface area contributed by atoms with Gasteiger partial charge in [-0.25, -0.2) is 4.98 Å². The van der Waals surface area contributed by atoms with Crippen molar-refractivity contribution in [1.82, 2.24) is 9.88 Å². The number of carbonyl (C=O) groups is 1. The van der Waals surface area contributed by atoms with Crippen molar-refractivity contribution in [2.24, 2.45) is 0 Å². The number of amides is 1. The second-order valence-corrected chi connectivity index (χ2v) is 7.96. The van der Waals surface area contributed by atoms with Crippen molar-refractivity contribution >= 4 is 33.1 Å². The summed E-state index contributed by atoms with van der Waals surface area (Å²) in [6.45, 7) is 2.47. The smallest absolute Gasteiger partial charge is 0.266 e. The minimum absolute atomic E-state index is 0.0213. The van der Waals surface area contributed by atoms with E-state index < -0.39 is 0 Å². The number of rotatable bonds is 1. The zero-order valence-corrected chi connectivity index (χ0v) is 15.4. The molecule has 2 aromatic heterocycles. The molecule has 1 saturated heterocycles. The van der Waals surface area contributed by atoms with Crippen LogP contribution in [0.25, 0.3) is 10.2 Å². The third kappa shape index (κ3) is 3.37. The molecule has 1 aliphatic carbocycles. The Morgan fingerprint density at radius 2 is 1.84 bits per heavy atom. The number of anilines is 1. The summed E-state index contributed by atoms with van der Waals surface area (Å²) in [5.74, 6) is 0.0213. The second kappa shape index (κ2) is 7.30. The number of fused-ring (bicyclic) bond motifs is 2. The van der Waals surface area contributed by atoms with Crippen LogP contribution in [0.15, 0.2) is 6.07 Å². The number of aryl methyl sites for hydroxylation is 2. The molecule has 0 spiro atoms. The molecule has 25 heavy (non-hydrogen) atoms. The lowest BCUT2D eigenvalue weighted by Gasteiger charge is -2.26. The molecule has 3 heterocycles. The van der Waals surface area contributed by atoms with Crippen molar-refractivity contribution in [2.45, 2.75) is 44.9 Å². The van der Waals surface area contributed by atoms with Crippen molar-refractivity contribution in [3.63, 3.8) is 0 Å². The van der Waals surface area contributed by atoms with E-state index >= 15 is 0 Å². The number of pyridine rings is 1. The van der Waals surface area contributed by atoms with E-state index in [1.165, 1.54) is 54.7 Å². The Labute approximate surface area is 152 Å². The molecule has 2 N–H and O–H groups in total. The average Bonchev–Trinajstić information content (AvgIpc) is 3.01. The number of hydrogen-bond acceptors (Lipinski definition) is 5. The van der Waals surface area contributed by atoms with Crippen molar-refractivity contribution < 1.29 is 9.53 Å². The molecule has 134 valence electrons. The monoisotopic (exact) mass is 359 g/mol. The molecule has 2 aromatic rings. The number of carbonyl (C=O) groups excluding carboxylic acids is 1. The lowest BCUT2D eigenvalue weighted by atomic mass is 10.0. The summed E-state index contributed by atoms with van der Waals surface area (Å²) in [4.78, 5) is 21.1. The quantitative estimate of drug-likeness (QED) is 0.847. The fraction of sp³-hybridized carbons (Fsp3) is 0.579. The van der Waals surface area contributed by atoms with Crippen LogP contribution < -0.4 is 5.73 Å². The summed E-state index contributed by atoms with van der Waals surface area (Å²) in [6.07, 6.45) is 8.42. The molecule has 1 aliphatic heterocycles. The van der Waals surface area contributed by atoms with E-state index in [2.05, 4.69) is 6.07 Å². The van der Waals surface area contributed by atoms with Crippen LogP contribution >= 0.6 is 11.3 Å². The highest BCUT2D eigenvalue weighted by atomic mass is 32.1. The van der Waals surface area contributed by atoms with Gasteiger partial charge >= 0.3 is 0 Å². The van der Waals surface area contributed by atoms with Gasteiger partial charge in [-0.2, -0.15) is 0 Å². The van der Waals surface area contributed by atoms with Gasteiger partial charge < -0.3 is 15.4 Å². The standard InChI is InChI=1S/C19H25N3O2S/c20-16-14-12-13-6-4-2-1-3-5-7-15(13)21-18(14)25-17(16)19(23)22-8-10-24-11-9-22/h12H,1-11,20H2. The molecule has 0 atom stereocenters. The van der Waals surface area contributed by atoms with Gasteiger partial charge in [0.2, 0.25) is 0 Å². The minimum atomic E-state index is 0.0213. The van der Waals surface area contributed by atoms with Crippen LogP contribution in [0.5, 0.6) is 0 Å². The number of thiophene rings is 1. The van der Waals surface area contributed by atoms with E-state index in [0.29, 0.717) is 36.9 Å². The normalized spacial score (nSPS) is 19.1. The fourth-order valence-corrected chi connectivity index (χ4v) is 4.82. The van der Waals surface area contributed by atoms with E-state index in [-0.39, 0.29) is 5.91 Å². The highest BCUT2D eigenvalue weighted by Gasteiger charge is 2.25. The first-order chi connectivity index (χ1) is 12.2. The molecule has 1 amide bonds. The molecule has 1 fully saturated rings. The molecular formula is C19H25N3O2S. The molecule has 0 radical (unpaired) electrons. The van der Waals surface area contributed by atoms with E-state index in [0.717, 1.165) is 23.1 Å². The van der Waals surface area contributed by atoms with Gasteiger partial charge in [0.1, 0.15) is 9.71 Å². The average molecular weight is 359 g/mol. The predicted molar refractivity (Wildman–Crippen MR) is 101 cm³/mol. The maximum absolute atomic E-state index is 12.8. The lowest BCUT2D eigenvalue weighted by Crippen LogP contribution is -2.40. The zero-order valence-electron chi connectivity index (χ0n) is 14.6. The maximum Gasteiger partial charge on any atom is 0.266 e. The molecule has 6 heteroatoms. The van der Waals surface area contributed by atoms with Gasteiger partial charge in [0.25, 0.3) is 5.91 Å². The zero-order chi connectivity index (χ0) is 17.2. The van der Waals surface area contributed by atoms with Crippen LogP contribution in [0, 0.1) is 0 Å². The lowest BCUT2D eigenvalue weighted by molar-refractivity contribution is 0.0307. The van der Waals surface area contributed by atoms with Crippen LogP contribution in [0.4, 0.5) is 5.69 Å². The van der Waals surface area contributed by atoms with Gasteiger partial charge in [-0.1, -0.05) is 19.3 Å². The Hall–Kier alpha value is -1.66. The molecule has 0 unspecified atom stereocenters. The van der Waals surface area contributed by atoms with Crippen LogP contribution in [0.2, 0.25) is 0 Å². The van der Waals surface area contributed by atoms with Gasteiger partial charge in [-0.05, 0) is 37.3 Å². The topological polar surface area (TPSA) is 68.5 Å². The Morgan fingerprint density at radius 3 is 2.64 bits per heavy atom. The van der Waals surface area contributed by atoms with Gasteiger partial charge in [0.05, 0.1) is 18.9 Å². The van der Waals surface area contributed by atoms with E-state index in [1.54, 1.807) is 0 Å². The number of morpholine rings is 1. The van der Waals surface area contributed by atoms with Gasteiger partial charge in [0, 0.05) is 24.2 Å². The maximum atomic E-state index is 12.8. The molecule has 0 bridgehead atoms. The number of ether oxygens (including phenoxy) is 1. The van der Waals surface area contributed by atoms with Crippen LogP contribution in [-0.2, 0) is 17.6 Å². The summed E-state index contributed by atoms with van der Waals surface area (Å²) in [5.41, 5.74) is 9.51. The molecule has 0 aromatic carbocycles. The SMILES string of the molecule is Nc1c(C(=O)N2CCOCC2)sc2nc3c(cc12)CCCCCCC3. The minimum Gasteiger partial charge on any atom is -0.397 e. The predicted octanol–water partition coefficient (Wildman–Crippen LogP) is 3.40. The number of nitrogens with zero attached hydrogens (tertiary/aromatic N) is 2. The first kappa shape index (κ1) is 16.8. The van der Waals surface area contributed by atoms with Crippen LogP contribution in [-0.4, -0.2) is 42.1 Å². The Kier molecular flexibility index (Phi) is 4.90. The van der Waals surface area contributed by atoms with Crippen LogP contribution in [0.1, 0.15) is 53.0 Å². The first-order valence-corrected chi connectivity index (χ1v) is 10.1. The molecule has 5 nitrogen and oxygen atoms in total. The molecule has 4 rings (SSSR count). The molecule has 0 saturated carbocycles. The fourth-order valence-electron chi connectivity index (χ4n) is 3.76. The second-order valence-electron chi connectivity index (χ2n) is 6.96. The van der Waals surface area contributed by atoms with E-state index in [4.69, 9.17) is 15.5 Å². The van der Waals surface area contributed by atoms with Crippen molar-refractivity contribution in [2.75, 3.05) is 32.0 Å². The number of nitrogen functional groups attached to an aromatic ring is 1. The highest BCUT2D eigenvalue weighted by Crippen LogP contribution is 2.35. The Bertz CT molecular complexity index is 781. The Balaban J connectivity index is 1.70. The number of nitrogens with two attached hydrogens (primary N) is 1. The Morgan fingerprint density at radius 1 is 1.12 bits per heavy atom. The van der Waals surface area contributed by atoms with Crippen molar-refractivity contribution in [3.05, 3.63) is 22.2 Å². The largest absolute Gasteiger partial charge is 0.397 e. The summed E-state index contributed by atoms with van der Waals surface area (Å²) >= 11 is 1.45. The van der Waals surface area contributed by atoms with E-state index in [9.17, 15) is 4.79 Å². The summed E-state index contributed by atoms with van der Waals surface area (Å²) in [6, 6.07) is 2.20. The first-order valence-electron chi connectivity index (χ1n) is 9.32. The van der Waals surface area contributed by atoms with Gasteiger partial charge in [-0.15, -0.1) is 11.3 Å². The number of hydrogen-bond donors (Lipinski definition) is 1. The number of aromatic nitrogens is 1. The molecular weight excluding hydrogens is 334 g/mol. The third-order valence-electron chi connectivity index (χ3n) is 5.24. The summed E-state index contributed by atoms with van der Waals surface area (Å²) in [5, 5.41) is 0.958. The summed E-state index contributed by atoms with van der Waals surface area (Å²) in [7, 11) is 0.